The Morgan fingerprint density at radius 2 is 1.63 bits per heavy atom. The minimum absolute atomic E-state index is 0.236. The molecule has 0 aliphatic rings. The van der Waals surface area contributed by atoms with Crippen LogP contribution in [-0.4, -0.2) is 20.2 Å². The molecule has 0 aliphatic carbocycles. The average Bonchev–Trinajstić information content (AvgIpc) is 2.44. The van der Waals surface area contributed by atoms with Gasteiger partial charge in [-0.25, -0.2) is 0 Å². The van der Waals surface area contributed by atoms with Crippen LogP contribution in [0.4, 0.5) is 0 Å². The minimum atomic E-state index is -0.650. The molecule has 0 N–H and O–H groups in total. The maximum atomic E-state index is 11.8. The van der Waals surface area contributed by atoms with E-state index in [0.29, 0.717) is 0 Å². The van der Waals surface area contributed by atoms with Gasteiger partial charge in [-0.05, 0) is 42.3 Å². The van der Waals surface area contributed by atoms with Crippen molar-refractivity contribution in [3.8, 4) is 5.75 Å². The smallest absolute Gasteiger partial charge is 0.315 e. The molecule has 2 aromatic carbocycles. The molecule has 0 unspecified atom stereocenters. The zero-order valence-corrected chi connectivity index (χ0v) is 11.7. The molecule has 0 radical (unpaired) electrons. The van der Waals surface area contributed by atoms with E-state index in [1.807, 2.05) is 50.2 Å². The van der Waals surface area contributed by atoms with Crippen molar-refractivity contribution in [2.24, 2.45) is 0 Å². The Balaban J connectivity index is 2.50. The minimum Gasteiger partial charge on any atom is -0.497 e. The van der Waals surface area contributed by atoms with Crippen LogP contribution in [0.25, 0.3) is 10.8 Å². The number of hydrogen-bond acceptors (Lipinski definition) is 3. The van der Waals surface area contributed by atoms with E-state index in [2.05, 4.69) is 0 Å². The van der Waals surface area contributed by atoms with Gasteiger partial charge in [0.05, 0.1) is 19.6 Å². The van der Waals surface area contributed by atoms with Crippen molar-refractivity contribution in [1.29, 1.82) is 0 Å². The van der Waals surface area contributed by atoms with Gasteiger partial charge in [0.2, 0.25) is 0 Å². The van der Waals surface area contributed by atoms with Gasteiger partial charge < -0.3 is 9.47 Å². The zero-order chi connectivity index (χ0) is 14.0. The lowest BCUT2D eigenvalue weighted by Gasteiger charge is -2.22. The molecule has 3 nitrogen and oxygen atoms in total. The van der Waals surface area contributed by atoms with Crippen LogP contribution in [-0.2, 0) is 14.9 Å². The van der Waals surface area contributed by atoms with Crippen molar-refractivity contribution in [1.82, 2.24) is 0 Å². The van der Waals surface area contributed by atoms with Crippen LogP contribution in [0.1, 0.15) is 19.4 Å². The van der Waals surface area contributed by atoms with Gasteiger partial charge in [0.25, 0.3) is 0 Å². The van der Waals surface area contributed by atoms with Gasteiger partial charge in [-0.15, -0.1) is 0 Å². The molecule has 0 spiro atoms. The summed E-state index contributed by atoms with van der Waals surface area (Å²) < 4.78 is 10.1. The summed E-state index contributed by atoms with van der Waals surface area (Å²) in [5, 5.41) is 2.17. The van der Waals surface area contributed by atoms with E-state index in [4.69, 9.17) is 9.47 Å². The predicted octanol–water partition coefficient (Wildman–Crippen LogP) is 3.30. The second-order valence-corrected chi connectivity index (χ2v) is 5.04. The predicted molar refractivity (Wildman–Crippen MR) is 75.5 cm³/mol. The molecule has 0 bridgehead atoms. The van der Waals surface area contributed by atoms with E-state index in [1.165, 1.54) is 7.11 Å². The highest BCUT2D eigenvalue weighted by molar-refractivity contribution is 5.88. The van der Waals surface area contributed by atoms with Crippen molar-refractivity contribution in [2.45, 2.75) is 19.3 Å². The third-order valence-corrected chi connectivity index (χ3v) is 3.46. The fourth-order valence-corrected chi connectivity index (χ4v) is 2.11. The highest BCUT2D eigenvalue weighted by atomic mass is 16.5. The molecule has 0 saturated heterocycles. The maximum Gasteiger partial charge on any atom is 0.315 e. The number of hydrogen-bond donors (Lipinski definition) is 0. The summed E-state index contributed by atoms with van der Waals surface area (Å²) in [5.41, 5.74) is 0.292. The van der Waals surface area contributed by atoms with Crippen LogP contribution < -0.4 is 4.74 Å². The Bertz CT molecular complexity index is 614. The van der Waals surface area contributed by atoms with Gasteiger partial charge in [-0.3, -0.25) is 4.79 Å². The number of fused-ring (bicyclic) bond motifs is 1. The van der Waals surface area contributed by atoms with E-state index in [9.17, 15) is 4.79 Å². The van der Waals surface area contributed by atoms with Gasteiger partial charge in [-0.1, -0.05) is 24.3 Å². The van der Waals surface area contributed by atoms with Gasteiger partial charge in [0.15, 0.2) is 0 Å². The van der Waals surface area contributed by atoms with Crippen molar-refractivity contribution in [3.05, 3.63) is 42.0 Å². The third kappa shape index (κ3) is 2.41. The highest BCUT2D eigenvalue weighted by Crippen LogP contribution is 2.29. The average molecular weight is 258 g/mol. The van der Waals surface area contributed by atoms with E-state index in [0.717, 1.165) is 22.1 Å². The lowest BCUT2D eigenvalue weighted by Crippen LogP contribution is -2.30. The van der Waals surface area contributed by atoms with Crippen molar-refractivity contribution < 1.29 is 14.3 Å². The number of methoxy groups -OCH3 is 2. The Morgan fingerprint density at radius 3 is 2.26 bits per heavy atom. The van der Waals surface area contributed by atoms with Crippen molar-refractivity contribution >= 4 is 16.7 Å². The van der Waals surface area contributed by atoms with E-state index in [1.54, 1.807) is 7.11 Å². The molecule has 2 rings (SSSR count). The molecule has 0 fully saturated rings. The maximum absolute atomic E-state index is 11.8. The molecule has 3 heteroatoms. The van der Waals surface area contributed by atoms with Crippen LogP contribution in [0.5, 0.6) is 5.75 Å². The standard InChI is InChI=1S/C16H18O3/c1-16(2,15(17)19-4)13-7-5-12-10-14(18-3)8-6-11(12)9-13/h5-10H,1-4H3. The second kappa shape index (κ2) is 4.92. The van der Waals surface area contributed by atoms with E-state index in [-0.39, 0.29) is 5.97 Å². The van der Waals surface area contributed by atoms with Crippen LogP contribution in [0.2, 0.25) is 0 Å². The topological polar surface area (TPSA) is 35.5 Å². The summed E-state index contributed by atoms with van der Waals surface area (Å²) in [6.07, 6.45) is 0. The van der Waals surface area contributed by atoms with Crippen molar-refractivity contribution in [3.63, 3.8) is 0 Å². The summed E-state index contributed by atoms with van der Waals surface area (Å²) in [4.78, 5) is 11.8. The van der Waals surface area contributed by atoms with E-state index >= 15 is 0 Å². The first-order valence-electron chi connectivity index (χ1n) is 6.15. The fourth-order valence-electron chi connectivity index (χ4n) is 2.11. The summed E-state index contributed by atoms with van der Waals surface area (Å²) >= 11 is 0. The number of benzene rings is 2. The first-order valence-corrected chi connectivity index (χ1v) is 6.15. The van der Waals surface area contributed by atoms with Crippen LogP contribution in [0, 0.1) is 0 Å². The molecule has 0 saturated carbocycles. The summed E-state index contributed by atoms with van der Waals surface area (Å²) in [6, 6.07) is 11.9. The molecule has 0 atom stereocenters. The Labute approximate surface area is 113 Å². The molecule has 0 aliphatic heterocycles. The lowest BCUT2D eigenvalue weighted by molar-refractivity contribution is -0.146. The SMILES string of the molecule is COC(=O)C(C)(C)c1ccc2cc(OC)ccc2c1. The number of ether oxygens (including phenoxy) is 2. The van der Waals surface area contributed by atoms with Crippen LogP contribution in [0.3, 0.4) is 0 Å². The Kier molecular flexibility index (Phi) is 3.47. The fraction of sp³-hybridized carbons (Fsp3) is 0.312. The van der Waals surface area contributed by atoms with Crippen molar-refractivity contribution in [2.75, 3.05) is 14.2 Å². The molecule has 19 heavy (non-hydrogen) atoms. The second-order valence-electron chi connectivity index (χ2n) is 5.04. The summed E-state index contributed by atoms with van der Waals surface area (Å²) in [5.74, 6) is 0.591. The normalized spacial score (nSPS) is 11.4. The van der Waals surface area contributed by atoms with Gasteiger partial charge in [0, 0.05) is 0 Å². The van der Waals surface area contributed by atoms with Gasteiger partial charge in [0.1, 0.15) is 5.75 Å². The Morgan fingerprint density at radius 1 is 1.00 bits per heavy atom. The van der Waals surface area contributed by atoms with E-state index < -0.39 is 5.41 Å². The largest absolute Gasteiger partial charge is 0.497 e. The third-order valence-electron chi connectivity index (χ3n) is 3.46. The number of carbonyl (C=O) groups is 1. The van der Waals surface area contributed by atoms with Gasteiger partial charge in [-0.2, -0.15) is 0 Å². The number of carbonyl (C=O) groups excluding carboxylic acids is 1. The van der Waals surface area contributed by atoms with Crippen LogP contribution in [0.15, 0.2) is 36.4 Å². The van der Waals surface area contributed by atoms with Gasteiger partial charge >= 0.3 is 5.97 Å². The summed E-state index contributed by atoms with van der Waals surface area (Å²) in [6.45, 7) is 3.73. The highest BCUT2D eigenvalue weighted by Gasteiger charge is 2.30. The first-order chi connectivity index (χ1) is 8.98. The molecule has 0 aromatic heterocycles. The van der Waals surface area contributed by atoms with Crippen LogP contribution >= 0.6 is 0 Å². The molecule has 2 aromatic rings. The monoisotopic (exact) mass is 258 g/mol. The molecular weight excluding hydrogens is 240 g/mol. The summed E-state index contributed by atoms with van der Waals surface area (Å²) in [7, 11) is 3.06. The number of esters is 1. The quantitative estimate of drug-likeness (QED) is 0.792. The number of rotatable bonds is 3. The molecular formula is C16H18O3. The first kappa shape index (κ1) is 13.4. The molecule has 100 valence electrons. The zero-order valence-electron chi connectivity index (χ0n) is 11.7. The lowest BCUT2D eigenvalue weighted by atomic mass is 9.84. The molecule has 0 heterocycles. The molecule has 0 amide bonds. The Hall–Kier alpha value is -2.03.